The zero-order chi connectivity index (χ0) is 18.3. The van der Waals surface area contributed by atoms with Gasteiger partial charge in [0.15, 0.2) is 0 Å². The first-order chi connectivity index (χ1) is 11.2. The highest BCUT2D eigenvalue weighted by molar-refractivity contribution is 6.30. The third kappa shape index (κ3) is 6.76. The van der Waals surface area contributed by atoms with E-state index in [0.29, 0.717) is 11.6 Å². The van der Waals surface area contributed by atoms with Crippen molar-refractivity contribution in [2.75, 3.05) is 14.2 Å². The van der Waals surface area contributed by atoms with Crippen LogP contribution in [-0.4, -0.2) is 37.9 Å². The molecular formula is C17H24ClNO5. The fraction of sp³-hybridized carbons (Fsp3) is 0.529. The first kappa shape index (κ1) is 20.3. The minimum Gasteiger partial charge on any atom is -0.467 e. The number of amides is 1. The lowest BCUT2D eigenvalue weighted by Crippen LogP contribution is -2.45. The summed E-state index contributed by atoms with van der Waals surface area (Å²) >= 11 is 6.04. The second-order valence-corrected chi connectivity index (χ2v) is 6.71. The van der Waals surface area contributed by atoms with E-state index in [9.17, 15) is 9.59 Å². The van der Waals surface area contributed by atoms with Gasteiger partial charge in [0.1, 0.15) is 11.6 Å². The van der Waals surface area contributed by atoms with Gasteiger partial charge >= 0.3 is 12.1 Å². The van der Waals surface area contributed by atoms with Crippen molar-refractivity contribution in [1.82, 2.24) is 5.32 Å². The molecule has 0 aliphatic carbocycles. The lowest BCUT2D eigenvalue weighted by molar-refractivity contribution is -0.143. The van der Waals surface area contributed by atoms with Crippen LogP contribution in [0.5, 0.6) is 0 Å². The van der Waals surface area contributed by atoms with Crippen LogP contribution in [0, 0.1) is 0 Å². The summed E-state index contributed by atoms with van der Waals surface area (Å²) in [5.74, 6) is -0.566. The van der Waals surface area contributed by atoms with Crippen molar-refractivity contribution in [3.8, 4) is 0 Å². The number of methoxy groups -OCH3 is 2. The molecule has 1 aromatic rings. The van der Waals surface area contributed by atoms with E-state index in [4.69, 9.17) is 25.8 Å². The van der Waals surface area contributed by atoms with E-state index in [-0.39, 0.29) is 6.42 Å². The number of carbonyl (C=O) groups excluding carboxylic acids is 2. The van der Waals surface area contributed by atoms with Crippen LogP contribution >= 0.6 is 11.6 Å². The second-order valence-electron chi connectivity index (χ2n) is 6.27. The predicted molar refractivity (Wildman–Crippen MR) is 91.0 cm³/mol. The van der Waals surface area contributed by atoms with Crippen LogP contribution in [0.15, 0.2) is 18.2 Å². The van der Waals surface area contributed by atoms with Crippen LogP contribution < -0.4 is 5.32 Å². The molecule has 1 aromatic carbocycles. The molecule has 0 bridgehead atoms. The monoisotopic (exact) mass is 357 g/mol. The highest BCUT2D eigenvalue weighted by atomic mass is 35.5. The minimum absolute atomic E-state index is 0.213. The molecule has 0 fully saturated rings. The Labute approximate surface area is 147 Å². The topological polar surface area (TPSA) is 73.9 Å². The predicted octanol–water partition coefficient (Wildman–Crippen LogP) is 3.10. The Morgan fingerprint density at radius 2 is 1.88 bits per heavy atom. The summed E-state index contributed by atoms with van der Waals surface area (Å²) in [4.78, 5) is 24.0. The van der Waals surface area contributed by atoms with Crippen LogP contribution in [0.25, 0.3) is 0 Å². The summed E-state index contributed by atoms with van der Waals surface area (Å²) in [5.41, 5.74) is 1.000. The van der Waals surface area contributed by atoms with E-state index >= 15 is 0 Å². The van der Waals surface area contributed by atoms with Crippen LogP contribution in [0.1, 0.15) is 31.9 Å². The molecule has 0 unspecified atom stereocenters. The number of hydrogen-bond acceptors (Lipinski definition) is 5. The molecule has 24 heavy (non-hydrogen) atoms. The molecule has 1 atom stereocenters. The molecule has 1 rings (SSSR count). The van der Waals surface area contributed by atoms with Crippen molar-refractivity contribution < 1.29 is 23.8 Å². The maximum atomic E-state index is 12.0. The molecule has 0 aliphatic heterocycles. The van der Waals surface area contributed by atoms with E-state index in [1.807, 2.05) is 6.07 Å². The number of esters is 1. The molecule has 0 saturated heterocycles. The summed E-state index contributed by atoms with van der Waals surface area (Å²) in [7, 11) is 2.84. The van der Waals surface area contributed by atoms with Crippen molar-refractivity contribution in [2.24, 2.45) is 0 Å². The Morgan fingerprint density at radius 1 is 1.21 bits per heavy atom. The molecule has 0 heterocycles. The standard InChI is InChI=1S/C17H24ClNO5/c1-17(2,3)24-16(21)19-14(15(20)23-5)9-12-8-13(18)7-6-11(12)10-22-4/h6-8,14H,9-10H2,1-5H3,(H,19,21)/t14-/m0/s1. The SMILES string of the molecule is COCc1ccc(Cl)cc1C[C@H](NC(=O)OC(C)(C)C)C(=O)OC. The molecule has 134 valence electrons. The van der Waals surface area contributed by atoms with Gasteiger partial charge in [-0.25, -0.2) is 9.59 Å². The Hall–Kier alpha value is -1.79. The highest BCUT2D eigenvalue weighted by Gasteiger charge is 2.26. The van der Waals surface area contributed by atoms with Crippen LogP contribution in [0.4, 0.5) is 4.79 Å². The van der Waals surface area contributed by atoms with Crippen molar-refractivity contribution in [3.63, 3.8) is 0 Å². The molecule has 0 saturated carbocycles. The van der Waals surface area contributed by atoms with Crippen molar-refractivity contribution >= 4 is 23.7 Å². The molecule has 6 nitrogen and oxygen atoms in total. The van der Waals surface area contributed by atoms with E-state index in [1.165, 1.54) is 7.11 Å². The average Bonchev–Trinajstić information content (AvgIpc) is 2.46. The number of alkyl carbamates (subject to hydrolysis) is 1. The van der Waals surface area contributed by atoms with Crippen LogP contribution in [0.2, 0.25) is 5.02 Å². The maximum Gasteiger partial charge on any atom is 0.408 e. The third-order valence-corrected chi connectivity index (χ3v) is 3.30. The molecule has 0 aliphatic rings. The first-order valence-electron chi connectivity index (χ1n) is 7.50. The Morgan fingerprint density at radius 3 is 2.42 bits per heavy atom. The molecule has 0 radical (unpaired) electrons. The number of rotatable bonds is 6. The van der Waals surface area contributed by atoms with E-state index in [0.717, 1.165) is 11.1 Å². The number of hydrogen-bond donors (Lipinski definition) is 1. The summed E-state index contributed by atoms with van der Waals surface area (Å²) in [6, 6.07) is 4.42. The van der Waals surface area contributed by atoms with Gasteiger partial charge in [-0.3, -0.25) is 0 Å². The van der Waals surface area contributed by atoms with Gasteiger partial charge in [0.2, 0.25) is 0 Å². The van der Waals surface area contributed by atoms with Crippen LogP contribution in [-0.2, 0) is 32.0 Å². The van der Waals surface area contributed by atoms with Crippen molar-refractivity contribution in [3.05, 3.63) is 34.3 Å². The van der Waals surface area contributed by atoms with Gasteiger partial charge in [0.05, 0.1) is 13.7 Å². The fourth-order valence-electron chi connectivity index (χ4n) is 2.09. The van der Waals surface area contributed by atoms with Gasteiger partial charge in [-0.1, -0.05) is 17.7 Å². The molecule has 1 amide bonds. The maximum absolute atomic E-state index is 12.0. The molecule has 7 heteroatoms. The number of benzene rings is 1. The van der Waals surface area contributed by atoms with E-state index < -0.39 is 23.7 Å². The number of carbonyl (C=O) groups is 2. The quantitative estimate of drug-likeness (QED) is 0.792. The van der Waals surface area contributed by atoms with Gasteiger partial charge in [-0.15, -0.1) is 0 Å². The summed E-state index contributed by atoms with van der Waals surface area (Å²) in [6.45, 7) is 5.60. The molecular weight excluding hydrogens is 334 g/mol. The zero-order valence-corrected chi connectivity index (χ0v) is 15.4. The average molecular weight is 358 g/mol. The smallest absolute Gasteiger partial charge is 0.408 e. The normalized spacial score (nSPS) is 12.4. The summed E-state index contributed by atoms with van der Waals surface area (Å²) in [6.07, 6.45) is -0.473. The van der Waals surface area contributed by atoms with Crippen molar-refractivity contribution in [2.45, 2.75) is 45.4 Å². The summed E-state index contributed by atoms with van der Waals surface area (Å²) < 4.78 is 15.1. The lowest BCUT2D eigenvalue weighted by Gasteiger charge is -2.23. The molecule has 1 N–H and O–H groups in total. The van der Waals surface area contributed by atoms with Gasteiger partial charge < -0.3 is 19.5 Å². The third-order valence-electron chi connectivity index (χ3n) is 3.07. The summed E-state index contributed by atoms with van der Waals surface area (Å²) in [5, 5.41) is 3.08. The number of ether oxygens (including phenoxy) is 3. The Balaban J connectivity index is 2.96. The Bertz CT molecular complexity index is 583. The molecule has 0 spiro atoms. The lowest BCUT2D eigenvalue weighted by atomic mass is 10.0. The van der Waals surface area contributed by atoms with E-state index in [2.05, 4.69) is 5.32 Å². The van der Waals surface area contributed by atoms with Gasteiger partial charge in [0.25, 0.3) is 0 Å². The molecule has 0 aromatic heterocycles. The van der Waals surface area contributed by atoms with Crippen molar-refractivity contribution in [1.29, 1.82) is 0 Å². The Kier molecular flexibility index (Phi) is 7.51. The number of halogens is 1. The zero-order valence-electron chi connectivity index (χ0n) is 14.6. The minimum atomic E-state index is -0.890. The fourth-order valence-corrected chi connectivity index (χ4v) is 2.28. The van der Waals surface area contributed by atoms with Gasteiger partial charge in [-0.05, 0) is 44.0 Å². The first-order valence-corrected chi connectivity index (χ1v) is 7.87. The largest absolute Gasteiger partial charge is 0.467 e. The van der Waals surface area contributed by atoms with Gasteiger partial charge in [0, 0.05) is 18.6 Å². The number of nitrogens with one attached hydrogen (secondary N) is 1. The highest BCUT2D eigenvalue weighted by Crippen LogP contribution is 2.19. The van der Waals surface area contributed by atoms with Gasteiger partial charge in [-0.2, -0.15) is 0 Å². The van der Waals surface area contributed by atoms with E-state index in [1.54, 1.807) is 40.0 Å². The second kappa shape index (κ2) is 8.89. The van der Waals surface area contributed by atoms with Crippen LogP contribution in [0.3, 0.4) is 0 Å².